The van der Waals surface area contributed by atoms with Gasteiger partial charge < -0.3 is 5.11 Å². The van der Waals surface area contributed by atoms with E-state index in [0.717, 1.165) is 17.7 Å². The van der Waals surface area contributed by atoms with Crippen molar-refractivity contribution in [3.8, 4) is 0 Å². The summed E-state index contributed by atoms with van der Waals surface area (Å²) in [5.74, 6) is -1.33. The van der Waals surface area contributed by atoms with E-state index >= 15 is 0 Å². The molecule has 0 saturated heterocycles. The second-order valence-electron chi connectivity index (χ2n) is 5.30. The smallest absolute Gasteiger partial charge is 0.328 e. The lowest BCUT2D eigenvalue weighted by Gasteiger charge is -2.32. The van der Waals surface area contributed by atoms with Crippen LogP contribution < -0.4 is 10.2 Å². The predicted molar refractivity (Wildman–Crippen MR) is 77.1 cm³/mol. The fourth-order valence-electron chi connectivity index (χ4n) is 2.46. The molecule has 0 aliphatic carbocycles. The van der Waals surface area contributed by atoms with Gasteiger partial charge in [-0.2, -0.15) is 0 Å². The number of amides is 3. The average molecular weight is 290 g/mol. The third-order valence-electron chi connectivity index (χ3n) is 3.40. The molecule has 0 bridgehead atoms. The largest absolute Gasteiger partial charge is 0.481 e. The van der Waals surface area contributed by atoms with Crippen LogP contribution in [0.5, 0.6) is 0 Å². The van der Waals surface area contributed by atoms with Crippen molar-refractivity contribution in [3.63, 3.8) is 0 Å². The molecule has 1 unspecified atom stereocenters. The average Bonchev–Trinajstić information content (AvgIpc) is 2.44. The highest BCUT2D eigenvalue weighted by Crippen LogP contribution is 2.29. The lowest BCUT2D eigenvalue weighted by molar-refractivity contribution is -0.138. The Morgan fingerprint density at radius 1 is 1.29 bits per heavy atom. The van der Waals surface area contributed by atoms with E-state index in [-0.39, 0.29) is 12.8 Å². The molecule has 1 aliphatic heterocycles. The van der Waals surface area contributed by atoms with Crippen molar-refractivity contribution in [2.24, 2.45) is 5.92 Å². The Kier molecular flexibility index (Phi) is 4.57. The van der Waals surface area contributed by atoms with Gasteiger partial charge in [0, 0.05) is 18.7 Å². The van der Waals surface area contributed by atoms with Crippen LogP contribution in [0.4, 0.5) is 10.5 Å². The van der Waals surface area contributed by atoms with Gasteiger partial charge in [0.1, 0.15) is 0 Å². The summed E-state index contributed by atoms with van der Waals surface area (Å²) in [5.41, 5.74) is 1.88. The van der Waals surface area contributed by atoms with Crippen LogP contribution in [0, 0.1) is 5.92 Å². The van der Waals surface area contributed by atoms with Crippen molar-refractivity contribution in [2.45, 2.75) is 26.2 Å². The van der Waals surface area contributed by atoms with E-state index in [1.54, 1.807) is 4.90 Å². The van der Waals surface area contributed by atoms with E-state index in [0.29, 0.717) is 12.5 Å². The molecule has 6 nitrogen and oxygen atoms in total. The fraction of sp³-hybridized carbons (Fsp3) is 0.400. The molecule has 0 aromatic heterocycles. The van der Waals surface area contributed by atoms with Crippen LogP contribution in [0.25, 0.3) is 0 Å². The van der Waals surface area contributed by atoms with Crippen LogP contribution in [0.3, 0.4) is 0 Å². The van der Waals surface area contributed by atoms with Crippen molar-refractivity contribution in [3.05, 3.63) is 29.8 Å². The topological polar surface area (TPSA) is 86.7 Å². The van der Waals surface area contributed by atoms with E-state index in [1.165, 1.54) is 0 Å². The molecule has 2 rings (SSSR count). The number of para-hydroxylation sites is 1. The summed E-state index contributed by atoms with van der Waals surface area (Å²) in [6.07, 6.45) is 0.408. The van der Waals surface area contributed by atoms with Gasteiger partial charge in [-0.3, -0.25) is 19.8 Å². The van der Waals surface area contributed by atoms with Gasteiger partial charge in [0.2, 0.25) is 5.91 Å². The Hall–Kier alpha value is -2.37. The van der Waals surface area contributed by atoms with Crippen LogP contribution in [-0.2, 0) is 16.0 Å². The van der Waals surface area contributed by atoms with E-state index < -0.39 is 17.9 Å². The number of nitrogens with one attached hydrogen (secondary N) is 1. The Balaban J connectivity index is 2.06. The number of anilines is 1. The molecular weight excluding hydrogens is 272 g/mol. The van der Waals surface area contributed by atoms with Gasteiger partial charge in [-0.25, -0.2) is 4.79 Å². The SMILES string of the molecule is CC1Cc2ccccc2N(C(=O)NC(=O)CCC(=O)O)C1. The molecule has 0 radical (unpaired) electrons. The zero-order chi connectivity index (χ0) is 15.4. The molecule has 112 valence electrons. The minimum Gasteiger partial charge on any atom is -0.481 e. The number of benzene rings is 1. The Morgan fingerprint density at radius 2 is 2.00 bits per heavy atom. The summed E-state index contributed by atoms with van der Waals surface area (Å²) in [4.78, 5) is 35.7. The molecular formula is C15H18N2O4. The van der Waals surface area contributed by atoms with Gasteiger partial charge in [-0.1, -0.05) is 25.1 Å². The standard InChI is InChI=1S/C15H18N2O4/c1-10-8-11-4-2-3-5-12(11)17(9-10)15(21)16-13(18)6-7-14(19)20/h2-5,10H,6-9H2,1H3,(H,19,20)(H,16,18,21). The maximum Gasteiger partial charge on any atom is 0.328 e. The van der Waals surface area contributed by atoms with Crippen molar-refractivity contribution in [1.82, 2.24) is 5.32 Å². The van der Waals surface area contributed by atoms with Crippen molar-refractivity contribution in [1.29, 1.82) is 0 Å². The Labute approximate surface area is 122 Å². The maximum atomic E-state index is 12.2. The van der Waals surface area contributed by atoms with Crippen LogP contribution in [0.1, 0.15) is 25.3 Å². The van der Waals surface area contributed by atoms with Gasteiger partial charge in [0.15, 0.2) is 0 Å². The summed E-state index contributed by atoms with van der Waals surface area (Å²) in [5, 5.41) is 10.8. The summed E-state index contributed by atoms with van der Waals surface area (Å²) < 4.78 is 0. The Morgan fingerprint density at radius 3 is 2.71 bits per heavy atom. The van der Waals surface area contributed by atoms with Crippen LogP contribution in [-0.4, -0.2) is 29.6 Å². The fourth-order valence-corrected chi connectivity index (χ4v) is 2.46. The molecule has 6 heteroatoms. The van der Waals surface area contributed by atoms with Crippen LogP contribution in [0.2, 0.25) is 0 Å². The number of carboxylic acid groups (broad SMARTS) is 1. The minimum atomic E-state index is -1.06. The summed E-state index contributed by atoms with van der Waals surface area (Å²) in [6, 6.07) is 7.09. The van der Waals surface area contributed by atoms with E-state index in [2.05, 4.69) is 5.32 Å². The molecule has 0 saturated carbocycles. The number of carbonyl (C=O) groups excluding carboxylic acids is 2. The van der Waals surface area contributed by atoms with Crippen molar-refractivity contribution in [2.75, 3.05) is 11.4 Å². The van der Waals surface area contributed by atoms with E-state index in [1.807, 2.05) is 31.2 Å². The first-order chi connectivity index (χ1) is 9.97. The molecule has 0 spiro atoms. The second kappa shape index (κ2) is 6.39. The van der Waals surface area contributed by atoms with E-state index in [4.69, 9.17) is 5.11 Å². The molecule has 1 aromatic rings. The normalized spacial score (nSPS) is 17.0. The first-order valence-electron chi connectivity index (χ1n) is 6.88. The predicted octanol–water partition coefficient (Wildman–Crippen LogP) is 1.79. The molecule has 1 aliphatic rings. The summed E-state index contributed by atoms with van der Waals surface area (Å²) in [7, 11) is 0. The number of carbonyl (C=O) groups is 3. The third-order valence-corrected chi connectivity index (χ3v) is 3.40. The number of urea groups is 1. The van der Waals surface area contributed by atoms with Crippen LogP contribution >= 0.6 is 0 Å². The third kappa shape index (κ3) is 3.81. The molecule has 0 fully saturated rings. The first kappa shape index (κ1) is 15.0. The molecule has 3 amide bonds. The van der Waals surface area contributed by atoms with Crippen LogP contribution in [0.15, 0.2) is 24.3 Å². The highest BCUT2D eigenvalue weighted by Gasteiger charge is 2.27. The number of rotatable bonds is 3. The lowest BCUT2D eigenvalue weighted by Crippen LogP contribution is -2.47. The molecule has 21 heavy (non-hydrogen) atoms. The number of carboxylic acids is 1. The maximum absolute atomic E-state index is 12.2. The highest BCUT2D eigenvalue weighted by molar-refractivity contribution is 6.03. The highest BCUT2D eigenvalue weighted by atomic mass is 16.4. The number of fused-ring (bicyclic) bond motifs is 1. The Bertz CT molecular complexity index is 571. The quantitative estimate of drug-likeness (QED) is 0.888. The molecule has 2 N–H and O–H groups in total. The monoisotopic (exact) mass is 290 g/mol. The van der Waals surface area contributed by atoms with Gasteiger partial charge >= 0.3 is 12.0 Å². The molecule has 1 atom stereocenters. The number of nitrogens with zero attached hydrogens (tertiary/aromatic N) is 1. The molecule has 1 heterocycles. The van der Waals surface area contributed by atoms with Gasteiger partial charge in [-0.15, -0.1) is 0 Å². The minimum absolute atomic E-state index is 0.202. The zero-order valence-electron chi connectivity index (χ0n) is 11.8. The zero-order valence-corrected chi connectivity index (χ0v) is 11.8. The summed E-state index contributed by atoms with van der Waals surface area (Å²) in [6.45, 7) is 2.58. The van der Waals surface area contributed by atoms with Gasteiger partial charge in [0.05, 0.1) is 6.42 Å². The number of hydrogen-bond donors (Lipinski definition) is 2. The number of hydrogen-bond acceptors (Lipinski definition) is 3. The van der Waals surface area contributed by atoms with Gasteiger partial charge in [0.25, 0.3) is 0 Å². The first-order valence-corrected chi connectivity index (χ1v) is 6.88. The second-order valence-corrected chi connectivity index (χ2v) is 5.30. The van der Waals surface area contributed by atoms with Gasteiger partial charge in [-0.05, 0) is 24.0 Å². The lowest BCUT2D eigenvalue weighted by atomic mass is 9.94. The number of imide groups is 1. The number of aliphatic carboxylic acids is 1. The molecule has 1 aromatic carbocycles. The van der Waals surface area contributed by atoms with Crippen molar-refractivity contribution < 1.29 is 19.5 Å². The van der Waals surface area contributed by atoms with E-state index in [9.17, 15) is 14.4 Å². The summed E-state index contributed by atoms with van der Waals surface area (Å²) >= 11 is 0. The van der Waals surface area contributed by atoms with Crippen molar-refractivity contribution >= 4 is 23.6 Å².